The molecule has 0 radical (unpaired) electrons. The number of amides is 2. The van der Waals surface area contributed by atoms with E-state index in [2.05, 4.69) is 5.32 Å². The largest absolute Gasteiger partial charge is 0.350 e. The molecule has 150 valence electrons. The van der Waals surface area contributed by atoms with Crippen molar-refractivity contribution in [2.75, 3.05) is 10.2 Å². The van der Waals surface area contributed by atoms with Crippen molar-refractivity contribution in [3.63, 3.8) is 0 Å². The first-order valence-corrected chi connectivity index (χ1v) is 9.34. The summed E-state index contributed by atoms with van der Waals surface area (Å²) >= 11 is 0. The van der Waals surface area contributed by atoms with Crippen molar-refractivity contribution in [3.05, 3.63) is 101 Å². The lowest BCUT2D eigenvalue weighted by atomic mass is 10.0. The predicted molar refractivity (Wildman–Crippen MR) is 112 cm³/mol. The van der Waals surface area contributed by atoms with E-state index in [0.717, 1.165) is 22.1 Å². The van der Waals surface area contributed by atoms with Gasteiger partial charge in [0.25, 0.3) is 11.8 Å². The number of benzene rings is 3. The minimum Gasteiger partial charge on any atom is -0.350 e. The monoisotopic (exact) mass is 404 g/mol. The van der Waals surface area contributed by atoms with Crippen molar-refractivity contribution in [1.29, 1.82) is 0 Å². The third-order valence-electron chi connectivity index (χ3n) is 5.06. The van der Waals surface area contributed by atoms with Crippen LogP contribution in [0.1, 0.15) is 16.7 Å². The highest BCUT2D eigenvalue weighted by molar-refractivity contribution is 6.46. The molecule has 1 N–H and O–H groups in total. The van der Waals surface area contributed by atoms with Gasteiger partial charge in [-0.15, -0.1) is 0 Å². The zero-order valence-corrected chi connectivity index (χ0v) is 16.4. The van der Waals surface area contributed by atoms with Gasteiger partial charge in [0.15, 0.2) is 0 Å². The minimum atomic E-state index is -0.608. The molecule has 0 aromatic heterocycles. The Hall–Kier alpha value is -3.80. The number of rotatable bonds is 4. The first-order chi connectivity index (χ1) is 14.3. The highest BCUT2D eigenvalue weighted by Crippen LogP contribution is 2.34. The van der Waals surface area contributed by atoms with Crippen LogP contribution in [0.4, 0.5) is 20.2 Å². The van der Waals surface area contributed by atoms with Crippen LogP contribution in [0.15, 0.2) is 72.4 Å². The lowest BCUT2D eigenvalue weighted by Gasteiger charge is -2.15. The number of hydrogen-bond donors (Lipinski definition) is 1. The molecule has 4 rings (SSSR count). The number of carbonyl (C=O) groups is 2. The second kappa shape index (κ2) is 7.55. The highest BCUT2D eigenvalue weighted by atomic mass is 19.1. The number of aryl methyl sites for hydroxylation is 2. The molecule has 0 fully saturated rings. The quantitative estimate of drug-likeness (QED) is 0.624. The Bertz CT molecular complexity index is 1200. The topological polar surface area (TPSA) is 49.4 Å². The fourth-order valence-corrected chi connectivity index (χ4v) is 3.34. The van der Waals surface area contributed by atoms with Gasteiger partial charge >= 0.3 is 0 Å². The first-order valence-electron chi connectivity index (χ1n) is 9.34. The van der Waals surface area contributed by atoms with Gasteiger partial charge < -0.3 is 5.32 Å². The van der Waals surface area contributed by atoms with Gasteiger partial charge in [-0.05, 0) is 73.0 Å². The number of carbonyl (C=O) groups excluding carboxylic acids is 2. The molecule has 2 amide bonds. The van der Waals surface area contributed by atoms with Gasteiger partial charge in [0.2, 0.25) is 0 Å². The molecule has 3 aromatic carbocycles. The van der Waals surface area contributed by atoms with Crippen LogP contribution in [-0.2, 0) is 9.59 Å². The summed E-state index contributed by atoms with van der Waals surface area (Å²) in [6.07, 6.45) is 0. The van der Waals surface area contributed by atoms with Crippen LogP contribution >= 0.6 is 0 Å². The average molecular weight is 404 g/mol. The number of hydrogen-bond acceptors (Lipinski definition) is 3. The Morgan fingerprint density at radius 2 is 1.50 bits per heavy atom. The molecule has 0 atom stereocenters. The summed E-state index contributed by atoms with van der Waals surface area (Å²) in [5, 5.41) is 3.05. The van der Waals surface area contributed by atoms with E-state index in [4.69, 9.17) is 0 Å². The number of nitrogens with zero attached hydrogens (tertiary/aromatic N) is 1. The molecule has 0 unspecified atom stereocenters. The summed E-state index contributed by atoms with van der Waals surface area (Å²) in [4.78, 5) is 27.4. The van der Waals surface area contributed by atoms with Gasteiger partial charge in [-0.25, -0.2) is 13.7 Å². The van der Waals surface area contributed by atoms with E-state index in [0.29, 0.717) is 11.3 Å². The van der Waals surface area contributed by atoms with E-state index in [1.165, 1.54) is 42.5 Å². The Morgan fingerprint density at radius 1 is 0.767 bits per heavy atom. The van der Waals surface area contributed by atoms with Gasteiger partial charge in [-0.1, -0.05) is 24.3 Å². The summed E-state index contributed by atoms with van der Waals surface area (Å²) < 4.78 is 27.2. The average Bonchev–Trinajstić information content (AvgIpc) is 2.95. The van der Waals surface area contributed by atoms with Crippen molar-refractivity contribution in [3.8, 4) is 0 Å². The van der Waals surface area contributed by atoms with Gasteiger partial charge in [0, 0.05) is 5.69 Å². The molecule has 1 aliphatic rings. The lowest BCUT2D eigenvalue weighted by Crippen LogP contribution is -2.32. The molecule has 3 aromatic rings. The van der Waals surface area contributed by atoms with E-state index < -0.39 is 23.4 Å². The molecule has 0 bridgehead atoms. The maximum atomic E-state index is 13.7. The summed E-state index contributed by atoms with van der Waals surface area (Å²) in [5.41, 5.74) is 3.41. The molecule has 4 nitrogen and oxygen atoms in total. The zero-order valence-electron chi connectivity index (χ0n) is 16.4. The fourth-order valence-electron chi connectivity index (χ4n) is 3.34. The second-order valence-electron chi connectivity index (χ2n) is 7.11. The summed E-state index contributed by atoms with van der Waals surface area (Å²) in [5.74, 6) is -2.24. The van der Waals surface area contributed by atoms with Crippen LogP contribution in [0.5, 0.6) is 0 Å². The van der Waals surface area contributed by atoms with Gasteiger partial charge in [0.1, 0.15) is 17.3 Å². The Balaban J connectivity index is 1.83. The lowest BCUT2D eigenvalue weighted by molar-refractivity contribution is -0.120. The third kappa shape index (κ3) is 3.48. The van der Waals surface area contributed by atoms with E-state index in [-0.39, 0.29) is 17.0 Å². The van der Waals surface area contributed by atoms with Crippen molar-refractivity contribution in [2.45, 2.75) is 13.8 Å². The van der Waals surface area contributed by atoms with Crippen molar-refractivity contribution >= 4 is 28.8 Å². The standard InChI is InChI=1S/C24H18F2N2O2/c1-14-6-11-19(12-15(14)2)27-22-21(16-7-9-17(25)10-8-16)23(29)28(24(22)30)20-5-3-4-18(26)13-20/h3-13,27H,1-2H3. The molecule has 30 heavy (non-hydrogen) atoms. The highest BCUT2D eigenvalue weighted by Gasteiger charge is 2.40. The van der Waals surface area contributed by atoms with Crippen molar-refractivity contribution in [2.24, 2.45) is 0 Å². The maximum absolute atomic E-state index is 13.7. The molecule has 0 saturated carbocycles. The van der Waals surface area contributed by atoms with Crippen molar-refractivity contribution in [1.82, 2.24) is 0 Å². The van der Waals surface area contributed by atoms with E-state index in [1.54, 1.807) is 6.07 Å². The summed E-state index contributed by atoms with van der Waals surface area (Å²) in [7, 11) is 0. The summed E-state index contributed by atoms with van der Waals surface area (Å²) in [6.45, 7) is 3.91. The van der Waals surface area contributed by atoms with Gasteiger partial charge in [-0.2, -0.15) is 0 Å². The van der Waals surface area contributed by atoms with Crippen LogP contribution in [0.2, 0.25) is 0 Å². The second-order valence-corrected chi connectivity index (χ2v) is 7.11. The van der Waals surface area contributed by atoms with Crippen LogP contribution in [0, 0.1) is 25.5 Å². The Labute approximate surface area is 172 Å². The summed E-state index contributed by atoms with van der Waals surface area (Å²) in [6, 6.07) is 16.2. The maximum Gasteiger partial charge on any atom is 0.282 e. The molecule has 6 heteroatoms. The smallest absolute Gasteiger partial charge is 0.282 e. The Kier molecular flexibility index (Phi) is 4.91. The normalized spacial score (nSPS) is 13.9. The third-order valence-corrected chi connectivity index (χ3v) is 5.06. The van der Waals surface area contributed by atoms with Crippen LogP contribution in [0.3, 0.4) is 0 Å². The van der Waals surface area contributed by atoms with E-state index >= 15 is 0 Å². The fraction of sp³-hybridized carbons (Fsp3) is 0.0833. The minimum absolute atomic E-state index is 0.0547. The van der Waals surface area contributed by atoms with Gasteiger partial charge in [0.05, 0.1) is 11.3 Å². The van der Waals surface area contributed by atoms with Crippen LogP contribution < -0.4 is 10.2 Å². The number of halogens is 2. The van der Waals surface area contributed by atoms with Crippen LogP contribution in [-0.4, -0.2) is 11.8 Å². The molecule has 0 spiro atoms. The SMILES string of the molecule is Cc1ccc(NC2=C(c3ccc(F)cc3)C(=O)N(c3cccc(F)c3)C2=O)cc1C. The molecule has 0 saturated heterocycles. The van der Waals surface area contributed by atoms with E-state index in [1.807, 2.05) is 26.0 Å². The van der Waals surface area contributed by atoms with E-state index in [9.17, 15) is 18.4 Å². The number of imide groups is 1. The Morgan fingerprint density at radius 3 is 2.17 bits per heavy atom. The molecule has 0 aliphatic carbocycles. The van der Waals surface area contributed by atoms with Gasteiger partial charge in [-0.3, -0.25) is 9.59 Å². The molecular weight excluding hydrogens is 386 g/mol. The zero-order chi connectivity index (χ0) is 21.4. The molecule has 1 aliphatic heterocycles. The molecular formula is C24H18F2N2O2. The molecule has 1 heterocycles. The van der Waals surface area contributed by atoms with Crippen molar-refractivity contribution < 1.29 is 18.4 Å². The predicted octanol–water partition coefficient (Wildman–Crippen LogP) is 4.98. The first kappa shape index (κ1) is 19.5. The van der Waals surface area contributed by atoms with Crippen LogP contribution in [0.25, 0.3) is 5.57 Å². The number of nitrogens with one attached hydrogen (secondary N) is 1. The number of anilines is 2.